The van der Waals surface area contributed by atoms with Crippen molar-refractivity contribution in [3.05, 3.63) is 71.4 Å². The van der Waals surface area contributed by atoms with Crippen LogP contribution in [0.2, 0.25) is 0 Å². The summed E-state index contributed by atoms with van der Waals surface area (Å²) in [5.41, 5.74) is 10.0. The Balaban J connectivity index is 1.52. The van der Waals surface area contributed by atoms with Crippen molar-refractivity contribution < 1.29 is 19.6 Å². The largest absolute Gasteiger partial charge is 0.497 e. The SMILES string of the molecule is CCc1cccc(C[C@H](NC(=O)CCN2C=C(c3cccc(OC)c3)NN2)B(O)O)c1. The van der Waals surface area contributed by atoms with Gasteiger partial charge in [-0.15, -0.1) is 5.53 Å². The van der Waals surface area contributed by atoms with E-state index in [-0.39, 0.29) is 12.3 Å². The minimum absolute atomic E-state index is 0.189. The van der Waals surface area contributed by atoms with Gasteiger partial charge in [0.1, 0.15) is 5.75 Å². The van der Waals surface area contributed by atoms with Crippen LogP contribution < -0.4 is 21.0 Å². The molecule has 0 saturated carbocycles. The van der Waals surface area contributed by atoms with E-state index in [0.717, 1.165) is 29.0 Å². The first-order chi connectivity index (χ1) is 15.0. The van der Waals surface area contributed by atoms with Crippen molar-refractivity contribution in [3.8, 4) is 5.75 Å². The molecule has 0 unspecified atom stereocenters. The molecule has 3 rings (SSSR count). The summed E-state index contributed by atoms with van der Waals surface area (Å²) < 4.78 is 5.25. The van der Waals surface area contributed by atoms with Crippen LogP contribution in [-0.4, -0.2) is 47.7 Å². The third kappa shape index (κ3) is 6.49. The van der Waals surface area contributed by atoms with Gasteiger partial charge in [-0.05, 0) is 36.1 Å². The minimum atomic E-state index is -1.64. The maximum absolute atomic E-state index is 12.4. The minimum Gasteiger partial charge on any atom is -0.497 e. The predicted molar refractivity (Wildman–Crippen MR) is 120 cm³/mol. The molecule has 9 heteroatoms. The Labute approximate surface area is 183 Å². The zero-order valence-corrected chi connectivity index (χ0v) is 17.8. The van der Waals surface area contributed by atoms with Crippen LogP contribution in [-0.2, 0) is 17.6 Å². The van der Waals surface area contributed by atoms with Gasteiger partial charge in [-0.3, -0.25) is 9.80 Å². The number of hydrazine groups is 2. The van der Waals surface area contributed by atoms with Crippen LogP contribution in [0.25, 0.3) is 5.70 Å². The van der Waals surface area contributed by atoms with Gasteiger partial charge in [0.05, 0.1) is 18.7 Å². The van der Waals surface area contributed by atoms with Gasteiger partial charge in [0.15, 0.2) is 0 Å². The topological polar surface area (TPSA) is 106 Å². The Morgan fingerprint density at radius 1 is 1.19 bits per heavy atom. The van der Waals surface area contributed by atoms with Gasteiger partial charge in [-0.1, -0.05) is 43.3 Å². The Bertz CT molecular complexity index is 922. The highest BCUT2D eigenvalue weighted by molar-refractivity contribution is 6.43. The molecule has 0 bridgehead atoms. The summed E-state index contributed by atoms with van der Waals surface area (Å²) in [5, 5.41) is 23.9. The Hall–Kier alpha value is -3.01. The van der Waals surface area contributed by atoms with Crippen LogP contribution in [0, 0.1) is 0 Å². The molecule has 1 atom stereocenters. The number of rotatable bonds is 10. The number of nitrogens with zero attached hydrogens (tertiary/aromatic N) is 1. The van der Waals surface area contributed by atoms with Crippen molar-refractivity contribution in [2.45, 2.75) is 32.1 Å². The molecule has 164 valence electrons. The van der Waals surface area contributed by atoms with E-state index in [2.05, 4.69) is 23.2 Å². The number of methoxy groups -OCH3 is 1. The van der Waals surface area contributed by atoms with Crippen LogP contribution in [0.5, 0.6) is 5.75 Å². The first kappa shape index (κ1) is 22.7. The highest BCUT2D eigenvalue weighted by Crippen LogP contribution is 2.20. The van der Waals surface area contributed by atoms with Gasteiger partial charge in [0.25, 0.3) is 0 Å². The third-order valence-corrected chi connectivity index (χ3v) is 5.14. The lowest BCUT2D eigenvalue weighted by Crippen LogP contribution is -2.48. The van der Waals surface area contributed by atoms with Crippen LogP contribution in [0.3, 0.4) is 0 Å². The lowest BCUT2D eigenvalue weighted by atomic mass is 9.75. The normalized spacial score (nSPS) is 13.9. The number of benzene rings is 2. The highest BCUT2D eigenvalue weighted by Gasteiger charge is 2.26. The fourth-order valence-corrected chi connectivity index (χ4v) is 3.37. The van der Waals surface area contributed by atoms with Gasteiger partial charge >= 0.3 is 7.12 Å². The van der Waals surface area contributed by atoms with E-state index in [1.807, 2.05) is 54.7 Å². The van der Waals surface area contributed by atoms with E-state index >= 15 is 0 Å². The number of amides is 1. The number of carbonyl (C=O) groups excluding carboxylic acids is 1. The maximum atomic E-state index is 12.4. The fraction of sp³-hybridized carbons (Fsp3) is 0.318. The smallest absolute Gasteiger partial charge is 0.475 e. The molecule has 0 saturated heterocycles. The summed E-state index contributed by atoms with van der Waals surface area (Å²) in [7, 11) is -0.0177. The number of hydrogen-bond acceptors (Lipinski definition) is 7. The Morgan fingerprint density at radius 3 is 2.71 bits per heavy atom. The average molecular weight is 424 g/mol. The molecular weight excluding hydrogens is 395 g/mol. The molecule has 0 radical (unpaired) electrons. The number of aryl methyl sites for hydroxylation is 1. The predicted octanol–water partition coefficient (Wildman–Crippen LogP) is 1.01. The molecule has 1 amide bonds. The van der Waals surface area contributed by atoms with Gasteiger partial charge in [-0.2, -0.15) is 0 Å². The molecule has 8 nitrogen and oxygen atoms in total. The number of ether oxygens (including phenoxy) is 1. The molecule has 31 heavy (non-hydrogen) atoms. The molecule has 0 aliphatic carbocycles. The van der Waals surface area contributed by atoms with E-state index < -0.39 is 13.1 Å². The fourth-order valence-electron chi connectivity index (χ4n) is 3.37. The molecule has 0 aromatic heterocycles. The van der Waals surface area contributed by atoms with Crippen molar-refractivity contribution in [1.29, 1.82) is 0 Å². The summed E-state index contributed by atoms with van der Waals surface area (Å²) in [6.07, 6.45) is 3.31. The number of nitrogens with one attached hydrogen (secondary N) is 3. The summed E-state index contributed by atoms with van der Waals surface area (Å²) in [4.78, 5) is 12.4. The quantitative estimate of drug-likeness (QED) is 0.363. The molecule has 2 aromatic carbocycles. The molecule has 0 fully saturated rings. The van der Waals surface area contributed by atoms with Crippen molar-refractivity contribution in [2.75, 3.05) is 13.7 Å². The average Bonchev–Trinajstić information content (AvgIpc) is 3.26. The lowest BCUT2D eigenvalue weighted by Gasteiger charge is -2.20. The molecule has 1 aliphatic rings. The Kier molecular flexibility index (Phi) is 7.94. The number of carbonyl (C=O) groups is 1. The molecule has 5 N–H and O–H groups in total. The Morgan fingerprint density at radius 2 is 1.97 bits per heavy atom. The highest BCUT2D eigenvalue weighted by atomic mass is 16.5. The summed E-state index contributed by atoms with van der Waals surface area (Å²) in [6.45, 7) is 2.47. The summed E-state index contributed by atoms with van der Waals surface area (Å²) in [5.74, 6) is -0.266. The lowest BCUT2D eigenvalue weighted by molar-refractivity contribution is -0.121. The maximum Gasteiger partial charge on any atom is 0.475 e. The van der Waals surface area contributed by atoms with Gasteiger partial charge in [-0.25, -0.2) is 0 Å². The summed E-state index contributed by atoms with van der Waals surface area (Å²) in [6, 6.07) is 15.6. The van der Waals surface area contributed by atoms with E-state index in [0.29, 0.717) is 13.0 Å². The van der Waals surface area contributed by atoms with E-state index in [9.17, 15) is 14.8 Å². The molecule has 1 heterocycles. The van der Waals surface area contributed by atoms with Crippen molar-refractivity contribution >= 4 is 18.7 Å². The molecule has 0 spiro atoms. The zero-order chi connectivity index (χ0) is 22.2. The van der Waals surface area contributed by atoms with Crippen LogP contribution in [0.15, 0.2) is 54.7 Å². The van der Waals surface area contributed by atoms with Crippen molar-refractivity contribution in [1.82, 2.24) is 21.3 Å². The van der Waals surface area contributed by atoms with E-state index in [1.54, 1.807) is 12.1 Å². The van der Waals surface area contributed by atoms with Crippen LogP contribution in [0.1, 0.15) is 30.0 Å². The van der Waals surface area contributed by atoms with Gasteiger partial charge in [0, 0.05) is 24.7 Å². The second-order valence-corrected chi connectivity index (χ2v) is 7.42. The molecule has 2 aromatic rings. The van der Waals surface area contributed by atoms with Crippen molar-refractivity contribution in [3.63, 3.8) is 0 Å². The van der Waals surface area contributed by atoms with E-state index in [1.165, 1.54) is 5.56 Å². The van der Waals surface area contributed by atoms with E-state index in [4.69, 9.17) is 4.74 Å². The van der Waals surface area contributed by atoms with Crippen LogP contribution >= 0.6 is 0 Å². The molecular formula is C22H29BN4O4. The van der Waals surface area contributed by atoms with Gasteiger partial charge < -0.3 is 25.5 Å². The van der Waals surface area contributed by atoms with Gasteiger partial charge in [0.2, 0.25) is 5.91 Å². The second kappa shape index (κ2) is 10.9. The molecule has 1 aliphatic heterocycles. The third-order valence-electron chi connectivity index (χ3n) is 5.14. The first-order valence-corrected chi connectivity index (χ1v) is 10.4. The number of hydrogen-bond donors (Lipinski definition) is 5. The zero-order valence-electron chi connectivity index (χ0n) is 17.8. The monoisotopic (exact) mass is 424 g/mol. The standard InChI is InChI=1S/C22H29BN4O4/c1-3-16-6-4-7-17(12-16)13-21(23(29)30)24-22(28)10-11-27-15-20(25-26-27)18-8-5-9-19(14-18)31-2/h4-9,12,14-15,21,25-26,29-30H,3,10-11,13H2,1-2H3,(H,24,28)/t21-/m0/s1. The first-order valence-electron chi connectivity index (χ1n) is 10.4. The van der Waals surface area contributed by atoms with Crippen LogP contribution in [0.4, 0.5) is 0 Å². The van der Waals surface area contributed by atoms with Crippen molar-refractivity contribution in [2.24, 2.45) is 0 Å². The second-order valence-electron chi connectivity index (χ2n) is 7.42. The summed E-state index contributed by atoms with van der Waals surface area (Å²) >= 11 is 0.